The van der Waals surface area contributed by atoms with E-state index in [1.54, 1.807) is 24.0 Å². The quantitative estimate of drug-likeness (QED) is 0.529. The molecule has 0 saturated carbocycles. The number of halogens is 1. The van der Waals surface area contributed by atoms with Crippen molar-refractivity contribution in [1.82, 2.24) is 15.1 Å². The topological polar surface area (TPSA) is 108 Å². The first-order valence-electron chi connectivity index (χ1n) is 11.7. The van der Waals surface area contributed by atoms with Gasteiger partial charge in [0.2, 0.25) is 5.91 Å². The van der Waals surface area contributed by atoms with Crippen molar-refractivity contribution in [3.8, 4) is 0 Å². The van der Waals surface area contributed by atoms with E-state index in [1.165, 1.54) is 13.0 Å². The molecule has 2 saturated heterocycles. The van der Waals surface area contributed by atoms with E-state index in [1.807, 2.05) is 23.9 Å². The zero-order valence-corrected chi connectivity index (χ0v) is 20.6. The summed E-state index contributed by atoms with van der Waals surface area (Å²) in [6.45, 7) is 4.95. The summed E-state index contributed by atoms with van der Waals surface area (Å²) in [5.74, 6) is -3.00. The number of cyclic esters (lactones) is 1. The van der Waals surface area contributed by atoms with Gasteiger partial charge in [-0.15, -0.1) is 0 Å². The van der Waals surface area contributed by atoms with Crippen LogP contribution in [0.1, 0.15) is 31.7 Å². The Morgan fingerprint density at radius 2 is 1.89 bits per heavy atom. The molecule has 1 N–H and O–H groups in total. The largest absolute Gasteiger partial charge is 0.456 e. The van der Waals surface area contributed by atoms with E-state index in [0.717, 1.165) is 0 Å². The molecular weight excluding hydrogens is 459 g/mol. The summed E-state index contributed by atoms with van der Waals surface area (Å²) in [5, 5.41) is 2.59. The van der Waals surface area contributed by atoms with Crippen LogP contribution in [0.4, 0.5) is 10.1 Å². The fourth-order valence-corrected chi connectivity index (χ4v) is 4.29. The summed E-state index contributed by atoms with van der Waals surface area (Å²) >= 11 is 0. The highest BCUT2D eigenvalue weighted by atomic mass is 19.1. The summed E-state index contributed by atoms with van der Waals surface area (Å²) in [5.41, 5.74) is 0.870. The number of nitrogens with one attached hydrogen (secondary N) is 1. The second-order valence-electron chi connectivity index (χ2n) is 9.19. The van der Waals surface area contributed by atoms with Crippen LogP contribution in [0.25, 0.3) is 0 Å². The first-order valence-corrected chi connectivity index (χ1v) is 11.7. The van der Waals surface area contributed by atoms with E-state index in [9.17, 15) is 19.2 Å². The first-order chi connectivity index (χ1) is 16.6. The van der Waals surface area contributed by atoms with Gasteiger partial charge in [-0.2, -0.15) is 0 Å². The number of hydrogen-bond donors (Lipinski definition) is 1. The third-order valence-electron chi connectivity index (χ3n) is 6.27. The molecule has 3 atom stereocenters. The van der Waals surface area contributed by atoms with Gasteiger partial charge in [-0.1, -0.05) is 13.0 Å². The monoisotopic (exact) mass is 492 g/mol. The number of ether oxygens (including phenoxy) is 2. The van der Waals surface area contributed by atoms with Gasteiger partial charge >= 0.3 is 11.9 Å². The highest BCUT2D eigenvalue weighted by molar-refractivity contribution is 5.82. The lowest BCUT2D eigenvalue weighted by Crippen LogP contribution is -2.50. The third-order valence-corrected chi connectivity index (χ3v) is 6.27. The predicted molar refractivity (Wildman–Crippen MR) is 125 cm³/mol. The molecule has 0 bridgehead atoms. The molecule has 2 amide bonds. The molecule has 1 aromatic rings. The van der Waals surface area contributed by atoms with Crippen LogP contribution in [0, 0.1) is 11.7 Å². The van der Waals surface area contributed by atoms with Gasteiger partial charge < -0.3 is 29.5 Å². The number of carbonyl (C=O) groups is 4. The molecule has 2 fully saturated rings. The van der Waals surface area contributed by atoms with Crippen LogP contribution < -0.4 is 10.2 Å². The number of amides is 2. The number of benzene rings is 1. The fourth-order valence-electron chi connectivity index (χ4n) is 4.29. The fraction of sp³-hybridized carbons (Fsp3) is 0.583. The molecule has 3 rings (SSSR count). The van der Waals surface area contributed by atoms with Crippen LogP contribution in [0.2, 0.25) is 0 Å². The van der Waals surface area contributed by atoms with Crippen LogP contribution in [-0.2, 0) is 28.7 Å². The maximum Gasteiger partial charge on any atom is 0.315 e. The molecule has 2 aliphatic heterocycles. The van der Waals surface area contributed by atoms with Crippen molar-refractivity contribution in [2.45, 2.75) is 32.4 Å². The van der Waals surface area contributed by atoms with Gasteiger partial charge in [-0.05, 0) is 31.8 Å². The van der Waals surface area contributed by atoms with E-state index in [-0.39, 0.29) is 30.8 Å². The lowest BCUT2D eigenvalue weighted by Gasteiger charge is -2.36. The van der Waals surface area contributed by atoms with Gasteiger partial charge in [-0.25, -0.2) is 4.39 Å². The number of piperazine rings is 1. The van der Waals surface area contributed by atoms with Crippen molar-refractivity contribution in [2.75, 3.05) is 58.3 Å². The summed E-state index contributed by atoms with van der Waals surface area (Å²) in [7, 11) is 3.70. The number of nitrogens with zero attached hydrogens (tertiary/aromatic N) is 3. The number of carbonyl (C=O) groups excluding carboxylic acids is 4. The van der Waals surface area contributed by atoms with E-state index in [2.05, 4.69) is 5.32 Å². The van der Waals surface area contributed by atoms with Crippen LogP contribution in [0.5, 0.6) is 0 Å². The molecule has 11 heteroatoms. The smallest absolute Gasteiger partial charge is 0.315 e. The molecule has 10 nitrogen and oxygen atoms in total. The van der Waals surface area contributed by atoms with Crippen molar-refractivity contribution in [1.29, 1.82) is 0 Å². The van der Waals surface area contributed by atoms with Crippen molar-refractivity contribution in [2.24, 2.45) is 5.92 Å². The molecule has 35 heavy (non-hydrogen) atoms. The summed E-state index contributed by atoms with van der Waals surface area (Å²) < 4.78 is 25.3. The van der Waals surface area contributed by atoms with E-state index in [0.29, 0.717) is 44.0 Å². The first kappa shape index (κ1) is 26.4. The minimum Gasteiger partial charge on any atom is -0.456 e. The van der Waals surface area contributed by atoms with Crippen molar-refractivity contribution < 1.29 is 33.0 Å². The Labute approximate surface area is 204 Å². The molecule has 2 heterocycles. The van der Waals surface area contributed by atoms with Gasteiger partial charge in [-0.3, -0.25) is 19.2 Å². The maximum atomic E-state index is 15.0. The highest BCUT2D eigenvalue weighted by Crippen LogP contribution is 2.37. The van der Waals surface area contributed by atoms with Gasteiger partial charge in [0.15, 0.2) is 12.8 Å². The van der Waals surface area contributed by atoms with Gasteiger partial charge in [0.25, 0.3) is 5.91 Å². The molecule has 0 aliphatic carbocycles. The average Bonchev–Trinajstić information content (AvgIpc) is 3.08. The summed E-state index contributed by atoms with van der Waals surface area (Å²) in [6.07, 6.45) is -0.528. The third kappa shape index (κ3) is 6.68. The Bertz CT molecular complexity index is 963. The zero-order valence-electron chi connectivity index (χ0n) is 20.6. The lowest BCUT2D eigenvalue weighted by molar-refractivity contribution is -0.152. The average molecular weight is 493 g/mol. The second-order valence-corrected chi connectivity index (χ2v) is 9.19. The van der Waals surface area contributed by atoms with E-state index in [4.69, 9.17) is 9.47 Å². The number of rotatable bonds is 8. The number of anilines is 1. The van der Waals surface area contributed by atoms with Crippen LogP contribution >= 0.6 is 0 Å². The van der Waals surface area contributed by atoms with Crippen molar-refractivity contribution in [3.05, 3.63) is 29.6 Å². The summed E-state index contributed by atoms with van der Waals surface area (Å²) in [4.78, 5) is 53.1. The van der Waals surface area contributed by atoms with Crippen LogP contribution in [-0.4, -0.2) is 93.2 Å². The molecule has 192 valence electrons. The molecule has 0 aromatic heterocycles. The number of hydrogen-bond acceptors (Lipinski definition) is 8. The van der Waals surface area contributed by atoms with Gasteiger partial charge in [0, 0.05) is 45.6 Å². The maximum absolute atomic E-state index is 15.0. The predicted octanol–water partition coefficient (Wildman–Crippen LogP) is 0.708. The van der Waals surface area contributed by atoms with E-state index < -0.39 is 29.9 Å². The van der Waals surface area contributed by atoms with Gasteiger partial charge in [0.1, 0.15) is 5.82 Å². The second kappa shape index (κ2) is 11.5. The minimum atomic E-state index is -0.745. The van der Waals surface area contributed by atoms with E-state index >= 15 is 4.39 Å². The van der Waals surface area contributed by atoms with Gasteiger partial charge in [0.05, 0.1) is 18.0 Å². The van der Waals surface area contributed by atoms with Crippen LogP contribution in [0.15, 0.2) is 18.2 Å². The SMILES string of the molecule is CC(=O)N[C@@H]1OC(=O)C(c2ccc(N3CCN(C(=O)COC(=O)CCN(C)C)CC3)c(F)c2)C1C. The molecule has 1 aromatic carbocycles. The molecule has 0 spiro atoms. The lowest BCUT2D eigenvalue weighted by atomic mass is 9.88. The molecular formula is C24H33FN4O6. The van der Waals surface area contributed by atoms with Crippen molar-refractivity contribution >= 4 is 29.4 Å². The Hall–Kier alpha value is -3.21. The molecule has 2 aliphatic rings. The summed E-state index contributed by atoms with van der Waals surface area (Å²) in [6, 6.07) is 4.65. The normalized spacial score (nSPS) is 22.2. The van der Waals surface area contributed by atoms with Crippen molar-refractivity contribution in [3.63, 3.8) is 0 Å². The minimum absolute atomic E-state index is 0.217. The van der Waals surface area contributed by atoms with Crippen LogP contribution in [0.3, 0.4) is 0 Å². The number of esters is 2. The highest BCUT2D eigenvalue weighted by Gasteiger charge is 2.43. The standard InChI is InChI=1S/C24H33FN4O6/c1-15-22(24(33)35-23(15)26-16(2)30)17-5-6-19(18(25)13-17)28-9-11-29(12-10-28)20(31)14-34-21(32)7-8-27(3)4/h5-6,13,15,22-23H,7-12,14H2,1-4H3,(H,26,30)/t15?,22?,23-/m1/s1. The zero-order chi connectivity index (χ0) is 25.7. The molecule has 2 unspecified atom stereocenters. The Morgan fingerprint density at radius 1 is 1.20 bits per heavy atom. The molecule has 0 radical (unpaired) electrons. The Kier molecular flexibility index (Phi) is 8.66. The Morgan fingerprint density at radius 3 is 2.49 bits per heavy atom. The Balaban J connectivity index is 1.54.